The van der Waals surface area contributed by atoms with Crippen molar-refractivity contribution in [3.63, 3.8) is 0 Å². The number of benzene rings is 1. The lowest BCUT2D eigenvalue weighted by atomic mass is 9.87. The van der Waals surface area contributed by atoms with Crippen molar-refractivity contribution in [2.75, 3.05) is 0 Å². The van der Waals surface area contributed by atoms with Crippen LogP contribution >= 0.6 is 0 Å². The van der Waals surface area contributed by atoms with Gasteiger partial charge in [-0.2, -0.15) is 26.3 Å². The minimum atomic E-state index is -5.00. The molecule has 1 rings (SSSR count). The van der Waals surface area contributed by atoms with Crippen molar-refractivity contribution >= 4 is 5.97 Å². The van der Waals surface area contributed by atoms with Gasteiger partial charge in [0.05, 0.1) is 17.5 Å². The summed E-state index contributed by atoms with van der Waals surface area (Å²) in [6, 6.07) is 0.816. The first-order valence-electron chi connectivity index (χ1n) is 5.54. The molecule has 9 heteroatoms. The molecule has 0 amide bonds. The number of carboxylic acids is 1. The number of aliphatic carboxylic acids is 1. The van der Waals surface area contributed by atoms with Crippen LogP contribution in [-0.2, 0) is 22.7 Å². The highest BCUT2D eigenvalue weighted by molar-refractivity contribution is 5.68. The molecule has 1 aromatic rings. The highest BCUT2D eigenvalue weighted by Crippen LogP contribution is 2.38. The summed E-state index contributed by atoms with van der Waals surface area (Å²) in [6.07, 6.45) is -10.8. The lowest BCUT2D eigenvalue weighted by molar-refractivity contribution is -0.143. The summed E-state index contributed by atoms with van der Waals surface area (Å²) < 4.78 is 76.0. The van der Waals surface area contributed by atoms with E-state index >= 15 is 0 Å². The minimum absolute atomic E-state index is 0.0413. The highest BCUT2D eigenvalue weighted by atomic mass is 19.4. The Bertz CT molecular complexity index is 515. The number of carboxylic acid groups (broad SMARTS) is 1. The molecule has 1 unspecified atom stereocenters. The zero-order valence-electron chi connectivity index (χ0n) is 10.6. The molecule has 0 saturated heterocycles. The van der Waals surface area contributed by atoms with Crippen LogP contribution in [0.3, 0.4) is 0 Å². The van der Waals surface area contributed by atoms with Crippen LogP contribution in [0.25, 0.3) is 0 Å². The van der Waals surface area contributed by atoms with Crippen LogP contribution in [0.15, 0.2) is 18.2 Å². The molecule has 0 bridgehead atoms. The fourth-order valence-corrected chi connectivity index (χ4v) is 1.70. The van der Waals surface area contributed by atoms with E-state index in [0.717, 1.165) is 6.92 Å². The molecule has 3 N–H and O–H groups in total. The van der Waals surface area contributed by atoms with Gasteiger partial charge in [0.1, 0.15) is 0 Å². The number of halogens is 6. The first kappa shape index (κ1) is 17.3. The van der Waals surface area contributed by atoms with Crippen molar-refractivity contribution in [3.05, 3.63) is 34.9 Å². The number of nitrogens with two attached hydrogens (primary N) is 1. The number of hydrogen-bond donors (Lipinski definition) is 2. The molecule has 0 aliphatic carbocycles. The summed E-state index contributed by atoms with van der Waals surface area (Å²) in [5, 5.41) is 8.64. The summed E-state index contributed by atoms with van der Waals surface area (Å²) >= 11 is 0. The van der Waals surface area contributed by atoms with Crippen LogP contribution in [0.4, 0.5) is 26.3 Å². The van der Waals surface area contributed by atoms with E-state index in [2.05, 4.69) is 0 Å². The Hall–Kier alpha value is -1.77. The van der Waals surface area contributed by atoms with Crippen LogP contribution in [0.2, 0.25) is 0 Å². The van der Waals surface area contributed by atoms with E-state index in [4.69, 9.17) is 10.8 Å². The second-order valence-electron chi connectivity index (χ2n) is 4.78. The molecule has 0 aliphatic rings. The third-order valence-electron chi connectivity index (χ3n) is 2.77. The van der Waals surface area contributed by atoms with Gasteiger partial charge < -0.3 is 10.8 Å². The van der Waals surface area contributed by atoms with E-state index in [1.807, 2.05) is 0 Å². The summed E-state index contributed by atoms with van der Waals surface area (Å²) in [5.74, 6) is -1.44. The first-order valence-corrected chi connectivity index (χ1v) is 5.54. The maximum Gasteiger partial charge on any atom is 0.416 e. The van der Waals surface area contributed by atoms with Crippen LogP contribution in [0.1, 0.15) is 30.0 Å². The largest absolute Gasteiger partial charge is 0.481 e. The molecule has 0 aliphatic heterocycles. The summed E-state index contributed by atoms with van der Waals surface area (Å²) in [7, 11) is 0. The van der Waals surface area contributed by atoms with Gasteiger partial charge in [-0.1, -0.05) is 0 Å². The molecule has 0 aromatic heterocycles. The molecule has 1 aromatic carbocycles. The molecule has 118 valence electrons. The van der Waals surface area contributed by atoms with E-state index in [-0.39, 0.29) is 6.07 Å². The lowest BCUT2D eigenvalue weighted by Gasteiger charge is -2.25. The van der Waals surface area contributed by atoms with Gasteiger partial charge in [-0.05, 0) is 30.7 Å². The summed E-state index contributed by atoms with van der Waals surface area (Å²) in [6.45, 7) is 1.05. The Balaban J connectivity index is 3.49. The van der Waals surface area contributed by atoms with E-state index in [1.165, 1.54) is 0 Å². The minimum Gasteiger partial charge on any atom is -0.481 e. The van der Waals surface area contributed by atoms with Gasteiger partial charge in [0, 0.05) is 5.54 Å². The molecule has 3 nitrogen and oxygen atoms in total. The summed E-state index contributed by atoms with van der Waals surface area (Å²) in [5.41, 5.74) is 0.0649. The second-order valence-corrected chi connectivity index (χ2v) is 4.78. The molecule has 21 heavy (non-hydrogen) atoms. The standard InChI is InChI=1S/C12H11F6NO2/c1-10(19,5-9(20)21)6-2-7(11(13,14)15)4-8(3-6)12(16,17)18/h2-4H,5,19H2,1H3,(H,20,21). The van der Waals surface area contributed by atoms with E-state index in [1.54, 1.807) is 0 Å². The zero-order chi connectivity index (χ0) is 16.6. The Kier molecular flexibility index (Phi) is 4.29. The monoisotopic (exact) mass is 315 g/mol. The Morgan fingerprint density at radius 2 is 1.33 bits per heavy atom. The van der Waals surface area contributed by atoms with Crippen molar-refractivity contribution in [2.45, 2.75) is 31.2 Å². The maximum absolute atomic E-state index is 12.7. The Morgan fingerprint density at radius 3 is 1.62 bits per heavy atom. The highest BCUT2D eigenvalue weighted by Gasteiger charge is 2.39. The third-order valence-corrected chi connectivity index (χ3v) is 2.77. The predicted octanol–water partition coefficient (Wildman–Crippen LogP) is 3.37. The van der Waals surface area contributed by atoms with E-state index in [0.29, 0.717) is 12.1 Å². The normalized spacial score (nSPS) is 15.6. The fourth-order valence-electron chi connectivity index (χ4n) is 1.70. The Morgan fingerprint density at radius 1 is 1.00 bits per heavy atom. The first-order chi connectivity index (χ1) is 9.23. The number of alkyl halides is 6. The molecular formula is C12H11F6NO2. The van der Waals surface area contributed by atoms with Gasteiger partial charge in [0.15, 0.2) is 0 Å². The molecular weight excluding hydrogens is 304 g/mol. The molecule has 0 radical (unpaired) electrons. The van der Waals surface area contributed by atoms with Crippen LogP contribution in [0.5, 0.6) is 0 Å². The summed E-state index contributed by atoms with van der Waals surface area (Å²) in [4.78, 5) is 10.6. The topological polar surface area (TPSA) is 63.3 Å². The van der Waals surface area contributed by atoms with Crippen LogP contribution < -0.4 is 5.73 Å². The average Bonchev–Trinajstić information content (AvgIpc) is 2.24. The van der Waals surface area contributed by atoms with Crippen LogP contribution in [0, 0.1) is 0 Å². The van der Waals surface area contributed by atoms with Crippen molar-refractivity contribution < 1.29 is 36.2 Å². The quantitative estimate of drug-likeness (QED) is 0.841. The fraction of sp³-hybridized carbons (Fsp3) is 0.417. The van der Waals surface area contributed by atoms with E-state index < -0.39 is 47.0 Å². The number of rotatable bonds is 3. The molecule has 0 fully saturated rings. The van der Waals surface area contributed by atoms with Gasteiger partial charge in [-0.15, -0.1) is 0 Å². The second kappa shape index (κ2) is 5.21. The van der Waals surface area contributed by atoms with Gasteiger partial charge in [0.2, 0.25) is 0 Å². The average molecular weight is 315 g/mol. The SMILES string of the molecule is CC(N)(CC(=O)O)c1cc(C(F)(F)F)cc(C(F)(F)F)c1. The van der Waals surface area contributed by atoms with Crippen molar-refractivity contribution in [1.82, 2.24) is 0 Å². The molecule has 0 saturated carbocycles. The van der Waals surface area contributed by atoms with Gasteiger partial charge >= 0.3 is 18.3 Å². The zero-order valence-corrected chi connectivity index (χ0v) is 10.6. The Labute approximate surface area is 115 Å². The lowest BCUT2D eigenvalue weighted by Crippen LogP contribution is -2.36. The van der Waals surface area contributed by atoms with Crippen molar-refractivity contribution in [3.8, 4) is 0 Å². The van der Waals surface area contributed by atoms with Gasteiger partial charge in [-0.25, -0.2) is 0 Å². The van der Waals surface area contributed by atoms with Crippen LogP contribution in [-0.4, -0.2) is 11.1 Å². The predicted molar refractivity (Wildman–Crippen MR) is 60.2 cm³/mol. The molecule has 0 spiro atoms. The van der Waals surface area contributed by atoms with Crippen molar-refractivity contribution in [1.29, 1.82) is 0 Å². The maximum atomic E-state index is 12.7. The van der Waals surface area contributed by atoms with Gasteiger partial charge in [-0.3, -0.25) is 4.79 Å². The molecule has 0 heterocycles. The number of hydrogen-bond acceptors (Lipinski definition) is 2. The molecule has 1 atom stereocenters. The third kappa shape index (κ3) is 4.35. The smallest absolute Gasteiger partial charge is 0.416 e. The van der Waals surface area contributed by atoms with Gasteiger partial charge in [0.25, 0.3) is 0 Å². The van der Waals surface area contributed by atoms with Crippen molar-refractivity contribution in [2.24, 2.45) is 5.73 Å². The van der Waals surface area contributed by atoms with E-state index in [9.17, 15) is 31.1 Å². The number of carbonyl (C=O) groups is 1.